The highest BCUT2D eigenvalue weighted by Gasteiger charge is 2.10. The maximum atomic E-state index is 13.6. The molecule has 1 heterocycles. The van der Waals surface area contributed by atoms with Gasteiger partial charge in [-0.15, -0.1) is 0 Å². The fourth-order valence-corrected chi connectivity index (χ4v) is 1.97. The second kappa shape index (κ2) is 6.33. The molecule has 19 heavy (non-hydrogen) atoms. The number of rotatable bonds is 6. The van der Waals surface area contributed by atoms with Crippen LogP contribution in [-0.4, -0.2) is 21.4 Å². The van der Waals surface area contributed by atoms with Gasteiger partial charge in [-0.05, 0) is 32.0 Å². The molecule has 0 radical (unpaired) electrons. The second-order valence-corrected chi connectivity index (χ2v) is 4.50. The van der Waals surface area contributed by atoms with Crippen molar-refractivity contribution in [2.75, 3.05) is 6.54 Å². The van der Waals surface area contributed by atoms with Crippen molar-refractivity contribution < 1.29 is 9.50 Å². The Labute approximate surface area is 111 Å². The summed E-state index contributed by atoms with van der Waals surface area (Å²) in [5.41, 5.74) is 0.567. The molecule has 2 rings (SSSR count). The number of hydrogen-bond donors (Lipinski definition) is 2. The van der Waals surface area contributed by atoms with Crippen molar-refractivity contribution in [2.45, 2.75) is 25.9 Å². The maximum absolute atomic E-state index is 13.6. The van der Waals surface area contributed by atoms with E-state index in [4.69, 9.17) is 5.11 Å². The Bertz CT molecular complexity index is 513. The van der Waals surface area contributed by atoms with Crippen LogP contribution in [0, 0.1) is 5.82 Å². The SMILES string of the molecule is CC(NCCCn1cccn1)c1ccc(O)cc1F. The van der Waals surface area contributed by atoms with Gasteiger partial charge in [-0.25, -0.2) is 4.39 Å². The largest absolute Gasteiger partial charge is 0.508 e. The molecule has 0 saturated carbocycles. The van der Waals surface area contributed by atoms with E-state index in [1.807, 2.05) is 23.9 Å². The van der Waals surface area contributed by atoms with Crippen LogP contribution in [0.1, 0.15) is 24.9 Å². The Morgan fingerprint density at radius 2 is 2.32 bits per heavy atom. The van der Waals surface area contributed by atoms with Crippen LogP contribution >= 0.6 is 0 Å². The molecule has 0 fully saturated rings. The smallest absolute Gasteiger partial charge is 0.131 e. The molecule has 102 valence electrons. The molecule has 5 heteroatoms. The lowest BCUT2D eigenvalue weighted by atomic mass is 10.1. The number of hydrogen-bond acceptors (Lipinski definition) is 3. The van der Waals surface area contributed by atoms with Crippen molar-refractivity contribution in [3.05, 3.63) is 48.0 Å². The van der Waals surface area contributed by atoms with Gasteiger partial charge in [0.1, 0.15) is 11.6 Å². The predicted molar refractivity (Wildman–Crippen MR) is 71.3 cm³/mol. The minimum atomic E-state index is -0.382. The first kappa shape index (κ1) is 13.5. The minimum Gasteiger partial charge on any atom is -0.508 e. The molecule has 4 nitrogen and oxygen atoms in total. The number of nitrogens with one attached hydrogen (secondary N) is 1. The van der Waals surface area contributed by atoms with Gasteiger partial charge in [-0.3, -0.25) is 4.68 Å². The van der Waals surface area contributed by atoms with E-state index in [9.17, 15) is 4.39 Å². The average Bonchev–Trinajstić information content (AvgIpc) is 2.87. The highest BCUT2D eigenvalue weighted by atomic mass is 19.1. The van der Waals surface area contributed by atoms with E-state index >= 15 is 0 Å². The molecule has 2 N–H and O–H groups in total. The summed E-state index contributed by atoms with van der Waals surface area (Å²) in [4.78, 5) is 0. The Kier molecular flexibility index (Phi) is 4.52. The Balaban J connectivity index is 1.79. The second-order valence-electron chi connectivity index (χ2n) is 4.50. The summed E-state index contributed by atoms with van der Waals surface area (Å²) in [7, 11) is 0. The van der Waals surface area contributed by atoms with Gasteiger partial charge in [0.05, 0.1) is 0 Å². The summed E-state index contributed by atoms with van der Waals surface area (Å²) < 4.78 is 15.5. The van der Waals surface area contributed by atoms with Crippen LogP contribution < -0.4 is 5.32 Å². The standard InChI is InChI=1S/C14H18FN3O/c1-11(13-5-4-12(19)10-14(13)15)16-6-2-8-18-9-3-7-17-18/h3-5,7,9-11,16,19H,2,6,8H2,1H3. The van der Waals surface area contributed by atoms with E-state index in [1.54, 1.807) is 12.3 Å². The fraction of sp³-hybridized carbons (Fsp3) is 0.357. The van der Waals surface area contributed by atoms with Crippen molar-refractivity contribution in [2.24, 2.45) is 0 Å². The number of benzene rings is 1. The monoisotopic (exact) mass is 263 g/mol. The molecular formula is C14H18FN3O. The summed E-state index contributed by atoms with van der Waals surface area (Å²) in [6.07, 6.45) is 4.59. The number of aromatic nitrogens is 2. The van der Waals surface area contributed by atoms with E-state index in [2.05, 4.69) is 10.4 Å². The quantitative estimate of drug-likeness (QED) is 0.787. The lowest BCUT2D eigenvalue weighted by Crippen LogP contribution is -2.21. The van der Waals surface area contributed by atoms with Crippen LogP contribution in [0.3, 0.4) is 0 Å². The summed E-state index contributed by atoms with van der Waals surface area (Å²) in [6, 6.07) is 6.05. The van der Waals surface area contributed by atoms with E-state index in [1.165, 1.54) is 6.07 Å². The zero-order valence-corrected chi connectivity index (χ0v) is 10.9. The molecule has 1 aromatic carbocycles. The molecule has 2 aromatic rings. The lowest BCUT2D eigenvalue weighted by molar-refractivity contribution is 0.461. The third kappa shape index (κ3) is 3.79. The Morgan fingerprint density at radius 3 is 3.00 bits per heavy atom. The van der Waals surface area contributed by atoms with Crippen molar-refractivity contribution in [3.63, 3.8) is 0 Å². The molecule has 1 unspecified atom stereocenters. The Hall–Kier alpha value is -1.88. The zero-order valence-electron chi connectivity index (χ0n) is 10.9. The fourth-order valence-electron chi connectivity index (χ4n) is 1.97. The lowest BCUT2D eigenvalue weighted by Gasteiger charge is -2.15. The van der Waals surface area contributed by atoms with Crippen molar-refractivity contribution in [1.82, 2.24) is 15.1 Å². The molecule has 0 aliphatic heterocycles. The third-order valence-corrected chi connectivity index (χ3v) is 3.02. The summed E-state index contributed by atoms with van der Waals surface area (Å²) in [5, 5.41) is 16.5. The number of aromatic hydroxyl groups is 1. The van der Waals surface area contributed by atoms with Gasteiger partial charge in [0.15, 0.2) is 0 Å². The van der Waals surface area contributed by atoms with Crippen molar-refractivity contribution in [3.8, 4) is 5.75 Å². The van der Waals surface area contributed by atoms with Crippen LogP contribution in [0.2, 0.25) is 0 Å². The van der Waals surface area contributed by atoms with Crippen LogP contribution in [0.5, 0.6) is 5.75 Å². The van der Waals surface area contributed by atoms with Crippen molar-refractivity contribution >= 4 is 0 Å². The molecule has 0 saturated heterocycles. The topological polar surface area (TPSA) is 50.1 Å². The van der Waals surface area contributed by atoms with E-state index in [0.29, 0.717) is 5.56 Å². The van der Waals surface area contributed by atoms with E-state index in [-0.39, 0.29) is 17.6 Å². The molecule has 1 aromatic heterocycles. The van der Waals surface area contributed by atoms with Crippen LogP contribution in [-0.2, 0) is 6.54 Å². The summed E-state index contributed by atoms with van der Waals surface area (Å²) in [6.45, 7) is 3.52. The third-order valence-electron chi connectivity index (χ3n) is 3.02. The molecule has 0 bridgehead atoms. The number of halogens is 1. The van der Waals surface area contributed by atoms with Crippen LogP contribution in [0.25, 0.3) is 0 Å². The maximum Gasteiger partial charge on any atom is 0.131 e. The minimum absolute atomic E-state index is 0.0490. The summed E-state index contributed by atoms with van der Waals surface area (Å²) >= 11 is 0. The van der Waals surface area contributed by atoms with Crippen LogP contribution in [0.15, 0.2) is 36.7 Å². The highest BCUT2D eigenvalue weighted by Crippen LogP contribution is 2.20. The number of phenols is 1. The van der Waals surface area contributed by atoms with Crippen LogP contribution in [0.4, 0.5) is 4.39 Å². The average molecular weight is 263 g/mol. The van der Waals surface area contributed by atoms with Crippen molar-refractivity contribution in [1.29, 1.82) is 0 Å². The molecule has 0 aliphatic carbocycles. The first-order chi connectivity index (χ1) is 9.16. The van der Waals surface area contributed by atoms with E-state index < -0.39 is 0 Å². The molecule has 0 amide bonds. The molecule has 0 aliphatic rings. The predicted octanol–water partition coefficient (Wildman–Crippen LogP) is 2.47. The normalized spacial score (nSPS) is 12.5. The highest BCUT2D eigenvalue weighted by molar-refractivity contribution is 5.29. The number of aryl methyl sites for hydroxylation is 1. The molecule has 0 spiro atoms. The van der Waals surface area contributed by atoms with Gasteiger partial charge in [-0.1, -0.05) is 6.07 Å². The number of phenolic OH excluding ortho intramolecular Hbond substituents is 1. The number of nitrogens with zero attached hydrogens (tertiary/aromatic N) is 2. The van der Waals surface area contributed by atoms with E-state index in [0.717, 1.165) is 25.6 Å². The Morgan fingerprint density at radius 1 is 1.47 bits per heavy atom. The van der Waals surface area contributed by atoms with Gasteiger partial charge in [0.25, 0.3) is 0 Å². The molecular weight excluding hydrogens is 245 g/mol. The van der Waals surface area contributed by atoms with Gasteiger partial charge in [-0.2, -0.15) is 5.10 Å². The summed E-state index contributed by atoms with van der Waals surface area (Å²) in [5.74, 6) is -0.431. The van der Waals surface area contributed by atoms with Gasteiger partial charge in [0.2, 0.25) is 0 Å². The van der Waals surface area contributed by atoms with Gasteiger partial charge >= 0.3 is 0 Å². The first-order valence-electron chi connectivity index (χ1n) is 6.36. The molecule has 1 atom stereocenters. The zero-order chi connectivity index (χ0) is 13.7. The first-order valence-corrected chi connectivity index (χ1v) is 6.36. The van der Waals surface area contributed by atoms with Gasteiger partial charge < -0.3 is 10.4 Å². The van der Waals surface area contributed by atoms with Gasteiger partial charge in [0, 0.05) is 36.6 Å².